The van der Waals surface area contributed by atoms with E-state index in [1.54, 1.807) is 0 Å². The summed E-state index contributed by atoms with van der Waals surface area (Å²) >= 11 is 0. The molecule has 1 aliphatic rings. The normalized spacial score (nSPS) is 17.6. The molecule has 0 unspecified atom stereocenters. The predicted molar refractivity (Wildman–Crippen MR) is 62.5 cm³/mol. The second kappa shape index (κ2) is 5.30. The van der Waals surface area contributed by atoms with Gasteiger partial charge in [0.05, 0.1) is 0 Å². The monoisotopic (exact) mass is 224 g/mol. The lowest BCUT2D eigenvalue weighted by atomic mass is 9.94. The number of nitrogens with one attached hydrogen (secondary N) is 1. The Kier molecular flexibility index (Phi) is 3.77. The molecule has 1 N–H and O–H groups in total. The molecule has 90 valence electrons. The van der Waals surface area contributed by atoms with E-state index in [2.05, 4.69) is 15.5 Å². The van der Waals surface area contributed by atoms with Crippen molar-refractivity contribution in [1.82, 2.24) is 15.5 Å². The fraction of sp³-hybridized carbons (Fsp3) is 0.818. The van der Waals surface area contributed by atoms with Gasteiger partial charge < -0.3 is 14.7 Å². The number of nitrogens with zero attached hydrogens (tertiary/aromatic N) is 3. The zero-order valence-corrected chi connectivity index (χ0v) is 10.1. The molecule has 16 heavy (non-hydrogen) atoms. The van der Waals surface area contributed by atoms with E-state index in [9.17, 15) is 0 Å². The fourth-order valence-electron chi connectivity index (χ4n) is 2.08. The second-order valence-electron chi connectivity index (χ2n) is 4.53. The van der Waals surface area contributed by atoms with Crippen molar-refractivity contribution < 1.29 is 4.52 Å². The summed E-state index contributed by atoms with van der Waals surface area (Å²) < 4.78 is 5.12. The number of hydrogen-bond donors (Lipinski definition) is 1. The van der Waals surface area contributed by atoms with Gasteiger partial charge in [-0.1, -0.05) is 5.16 Å². The van der Waals surface area contributed by atoms with Crippen LogP contribution < -0.4 is 10.2 Å². The van der Waals surface area contributed by atoms with Crippen LogP contribution in [0.25, 0.3) is 0 Å². The van der Waals surface area contributed by atoms with Crippen LogP contribution in [0.4, 0.5) is 6.01 Å². The molecule has 5 nitrogen and oxygen atoms in total. The number of hydrogen-bond acceptors (Lipinski definition) is 5. The minimum atomic E-state index is 0.631. The standard InChI is InChI=1S/C11H20N4O/c1-9-13-11(16-14-9)15(2)8-5-10-3-6-12-7-4-10/h10,12H,3-8H2,1-2H3. The second-order valence-corrected chi connectivity index (χ2v) is 4.53. The Hall–Kier alpha value is -1.10. The van der Waals surface area contributed by atoms with Gasteiger partial charge in [0.1, 0.15) is 0 Å². The van der Waals surface area contributed by atoms with Gasteiger partial charge in [0.2, 0.25) is 0 Å². The molecule has 0 atom stereocenters. The lowest BCUT2D eigenvalue weighted by Gasteiger charge is -2.24. The highest BCUT2D eigenvalue weighted by Gasteiger charge is 2.15. The van der Waals surface area contributed by atoms with Crippen LogP contribution in [0.15, 0.2) is 4.52 Å². The zero-order chi connectivity index (χ0) is 11.4. The molecular weight excluding hydrogens is 204 g/mol. The third-order valence-electron chi connectivity index (χ3n) is 3.17. The van der Waals surface area contributed by atoms with Gasteiger partial charge in [-0.15, -0.1) is 0 Å². The minimum absolute atomic E-state index is 0.631. The van der Waals surface area contributed by atoms with Crippen molar-refractivity contribution in [2.24, 2.45) is 5.92 Å². The number of aryl methyl sites for hydroxylation is 1. The van der Waals surface area contributed by atoms with E-state index >= 15 is 0 Å². The molecule has 1 aliphatic heterocycles. The quantitative estimate of drug-likeness (QED) is 0.833. The van der Waals surface area contributed by atoms with Crippen molar-refractivity contribution >= 4 is 6.01 Å². The van der Waals surface area contributed by atoms with Crippen LogP contribution in [-0.2, 0) is 0 Å². The van der Waals surface area contributed by atoms with E-state index in [1.807, 2.05) is 18.9 Å². The van der Waals surface area contributed by atoms with Gasteiger partial charge in [0.25, 0.3) is 0 Å². The molecule has 1 aromatic heterocycles. The topological polar surface area (TPSA) is 54.2 Å². The Bertz CT molecular complexity index is 320. The number of anilines is 1. The summed E-state index contributed by atoms with van der Waals surface area (Å²) in [5.41, 5.74) is 0. The zero-order valence-electron chi connectivity index (χ0n) is 10.1. The summed E-state index contributed by atoms with van der Waals surface area (Å²) in [6, 6.07) is 0.631. The van der Waals surface area contributed by atoms with Gasteiger partial charge in [-0.3, -0.25) is 0 Å². The summed E-state index contributed by atoms with van der Waals surface area (Å²) in [7, 11) is 2.01. The Morgan fingerprint density at radius 2 is 2.19 bits per heavy atom. The molecule has 2 rings (SSSR count). The van der Waals surface area contributed by atoms with Crippen molar-refractivity contribution in [3.63, 3.8) is 0 Å². The molecule has 1 fully saturated rings. The maximum atomic E-state index is 5.12. The lowest BCUT2D eigenvalue weighted by molar-refractivity contribution is 0.351. The Balaban J connectivity index is 1.76. The summed E-state index contributed by atoms with van der Waals surface area (Å²) in [5, 5.41) is 7.18. The molecule has 0 saturated carbocycles. The Labute approximate surface area is 96.2 Å². The fourth-order valence-corrected chi connectivity index (χ4v) is 2.08. The van der Waals surface area contributed by atoms with Crippen molar-refractivity contribution in [3.05, 3.63) is 5.82 Å². The van der Waals surface area contributed by atoms with Crippen molar-refractivity contribution in [2.75, 3.05) is 31.6 Å². The molecule has 0 radical (unpaired) electrons. The lowest BCUT2D eigenvalue weighted by Crippen LogP contribution is -2.30. The van der Waals surface area contributed by atoms with Crippen LogP contribution in [0, 0.1) is 12.8 Å². The van der Waals surface area contributed by atoms with Crippen molar-refractivity contribution in [3.8, 4) is 0 Å². The third kappa shape index (κ3) is 2.95. The molecule has 1 aromatic rings. The van der Waals surface area contributed by atoms with Gasteiger partial charge in [0.15, 0.2) is 5.82 Å². The SMILES string of the molecule is Cc1noc(N(C)CCC2CCNCC2)n1. The van der Waals surface area contributed by atoms with Gasteiger partial charge in [-0.2, -0.15) is 4.98 Å². The van der Waals surface area contributed by atoms with Crippen LogP contribution in [0.2, 0.25) is 0 Å². The van der Waals surface area contributed by atoms with Gasteiger partial charge in [-0.25, -0.2) is 0 Å². The first-order chi connectivity index (χ1) is 7.75. The highest BCUT2D eigenvalue weighted by Crippen LogP contribution is 2.17. The average Bonchev–Trinajstić information content (AvgIpc) is 2.74. The van der Waals surface area contributed by atoms with E-state index < -0.39 is 0 Å². The maximum Gasteiger partial charge on any atom is 0.323 e. The molecule has 2 heterocycles. The highest BCUT2D eigenvalue weighted by atomic mass is 16.5. The Morgan fingerprint density at radius 3 is 2.81 bits per heavy atom. The van der Waals surface area contributed by atoms with Gasteiger partial charge in [0, 0.05) is 13.6 Å². The first kappa shape index (κ1) is 11.4. The molecule has 0 amide bonds. The number of rotatable bonds is 4. The maximum absolute atomic E-state index is 5.12. The third-order valence-corrected chi connectivity index (χ3v) is 3.17. The van der Waals surface area contributed by atoms with E-state index in [0.717, 1.165) is 25.6 Å². The Morgan fingerprint density at radius 1 is 1.44 bits per heavy atom. The van der Waals surface area contributed by atoms with Crippen molar-refractivity contribution in [2.45, 2.75) is 26.2 Å². The van der Waals surface area contributed by atoms with E-state index in [1.165, 1.54) is 19.3 Å². The predicted octanol–water partition coefficient (Wildman–Crippen LogP) is 1.20. The largest absolute Gasteiger partial charge is 0.327 e. The molecule has 0 bridgehead atoms. The van der Waals surface area contributed by atoms with E-state index in [4.69, 9.17) is 4.52 Å². The first-order valence-electron chi connectivity index (χ1n) is 5.98. The molecule has 0 spiro atoms. The summed E-state index contributed by atoms with van der Waals surface area (Å²) in [4.78, 5) is 6.25. The smallest absolute Gasteiger partial charge is 0.323 e. The van der Waals surface area contributed by atoms with E-state index in [0.29, 0.717) is 11.8 Å². The molecule has 0 aromatic carbocycles. The van der Waals surface area contributed by atoms with Crippen molar-refractivity contribution in [1.29, 1.82) is 0 Å². The molecule has 0 aliphatic carbocycles. The average molecular weight is 224 g/mol. The molecular formula is C11H20N4O. The summed E-state index contributed by atoms with van der Waals surface area (Å²) in [5.74, 6) is 1.54. The highest BCUT2D eigenvalue weighted by molar-refractivity contribution is 5.22. The summed E-state index contributed by atoms with van der Waals surface area (Å²) in [6.07, 6.45) is 3.78. The van der Waals surface area contributed by atoms with Gasteiger partial charge in [-0.05, 0) is 45.2 Å². The number of piperidine rings is 1. The van der Waals surface area contributed by atoms with Crippen LogP contribution >= 0.6 is 0 Å². The molecule has 5 heteroatoms. The van der Waals surface area contributed by atoms with E-state index in [-0.39, 0.29) is 0 Å². The summed E-state index contributed by atoms with van der Waals surface area (Å²) in [6.45, 7) is 5.15. The van der Waals surface area contributed by atoms with Crippen LogP contribution in [0.5, 0.6) is 0 Å². The van der Waals surface area contributed by atoms with Crippen LogP contribution in [0.3, 0.4) is 0 Å². The van der Waals surface area contributed by atoms with Gasteiger partial charge >= 0.3 is 6.01 Å². The minimum Gasteiger partial charge on any atom is -0.327 e. The first-order valence-corrected chi connectivity index (χ1v) is 5.98. The van der Waals surface area contributed by atoms with Crippen LogP contribution in [0.1, 0.15) is 25.1 Å². The van der Waals surface area contributed by atoms with Crippen LogP contribution in [-0.4, -0.2) is 36.8 Å². The number of aromatic nitrogens is 2. The molecule has 1 saturated heterocycles.